The van der Waals surface area contributed by atoms with Crippen molar-refractivity contribution in [3.63, 3.8) is 0 Å². The predicted molar refractivity (Wildman–Crippen MR) is 104 cm³/mol. The highest BCUT2D eigenvalue weighted by Gasteiger charge is 2.44. The molecule has 0 aromatic heterocycles. The molecule has 1 aliphatic rings. The number of nitrogens with zero attached hydrogens (tertiary/aromatic N) is 1. The molecule has 3 rings (SSSR count). The van der Waals surface area contributed by atoms with E-state index in [4.69, 9.17) is 21.1 Å². The number of ether oxygens (including phenoxy) is 2. The van der Waals surface area contributed by atoms with Crippen LogP contribution in [0, 0.1) is 0 Å². The largest absolute Gasteiger partial charge is 0.466 e. The number of rotatable bonds is 5. The van der Waals surface area contributed by atoms with E-state index in [9.17, 15) is 9.59 Å². The Balaban J connectivity index is 1.89. The second-order valence-corrected chi connectivity index (χ2v) is 6.69. The zero-order valence-corrected chi connectivity index (χ0v) is 15.7. The molecule has 1 amide bonds. The van der Waals surface area contributed by atoms with Crippen LogP contribution >= 0.6 is 11.6 Å². The maximum Gasteiger partial charge on any atom is 0.333 e. The molecular formula is C21H18ClNO4. The first-order chi connectivity index (χ1) is 12.9. The molecule has 0 saturated carbocycles. The lowest BCUT2D eigenvalue weighted by Gasteiger charge is -2.22. The molecular weight excluding hydrogens is 366 g/mol. The lowest BCUT2D eigenvalue weighted by molar-refractivity contribution is -0.137. The number of amides is 1. The molecule has 0 unspecified atom stereocenters. The Kier molecular flexibility index (Phi) is 5.42. The highest BCUT2D eigenvalue weighted by atomic mass is 35.5. The van der Waals surface area contributed by atoms with Gasteiger partial charge in [-0.1, -0.05) is 48.0 Å². The Morgan fingerprint density at radius 3 is 2.52 bits per heavy atom. The van der Waals surface area contributed by atoms with Gasteiger partial charge in [0.15, 0.2) is 5.60 Å². The van der Waals surface area contributed by atoms with Crippen LogP contribution in [0.15, 0.2) is 65.2 Å². The van der Waals surface area contributed by atoms with Gasteiger partial charge in [0.25, 0.3) is 5.91 Å². The zero-order chi connectivity index (χ0) is 19.4. The summed E-state index contributed by atoms with van der Waals surface area (Å²) < 4.78 is 10.7. The van der Waals surface area contributed by atoms with E-state index in [2.05, 4.69) is 4.99 Å². The summed E-state index contributed by atoms with van der Waals surface area (Å²) in [6.07, 6.45) is 1.61. The lowest BCUT2D eigenvalue weighted by Crippen LogP contribution is -2.35. The van der Waals surface area contributed by atoms with Gasteiger partial charge in [0.1, 0.15) is 0 Å². The van der Waals surface area contributed by atoms with Crippen molar-refractivity contribution in [1.82, 2.24) is 0 Å². The average molecular weight is 384 g/mol. The van der Waals surface area contributed by atoms with Crippen LogP contribution < -0.4 is 0 Å². The van der Waals surface area contributed by atoms with Crippen molar-refractivity contribution in [3.8, 4) is 0 Å². The standard InChI is InChI=1S/C21H18ClNO4/c1-21(20(25)23-18(27-21)14-8-4-3-5-9-14)13-16(19(24)26-2)12-15-10-6-7-11-17(15)22/h3-12H,13H2,1-2H3/b16-12+/t21-/m0/s1. The Labute approximate surface area is 162 Å². The average Bonchev–Trinajstić information content (AvgIpc) is 2.97. The van der Waals surface area contributed by atoms with Crippen molar-refractivity contribution in [2.45, 2.75) is 18.9 Å². The van der Waals surface area contributed by atoms with Crippen LogP contribution in [0.25, 0.3) is 6.08 Å². The maximum absolute atomic E-state index is 12.5. The molecule has 0 N–H and O–H groups in total. The Morgan fingerprint density at radius 1 is 1.19 bits per heavy atom. The van der Waals surface area contributed by atoms with Crippen molar-refractivity contribution in [3.05, 3.63) is 76.3 Å². The summed E-state index contributed by atoms with van der Waals surface area (Å²) >= 11 is 6.18. The molecule has 0 fully saturated rings. The number of carbonyl (C=O) groups is 2. The third-order valence-electron chi connectivity index (χ3n) is 4.21. The molecule has 2 aromatic carbocycles. The van der Waals surface area contributed by atoms with Gasteiger partial charge in [-0.2, -0.15) is 4.99 Å². The van der Waals surface area contributed by atoms with E-state index < -0.39 is 17.5 Å². The summed E-state index contributed by atoms with van der Waals surface area (Å²) in [5.41, 5.74) is 0.319. The van der Waals surface area contributed by atoms with E-state index in [-0.39, 0.29) is 17.9 Å². The van der Waals surface area contributed by atoms with Crippen molar-refractivity contribution in [2.24, 2.45) is 4.99 Å². The summed E-state index contributed by atoms with van der Waals surface area (Å²) in [7, 11) is 1.29. The Bertz CT molecular complexity index is 936. The lowest BCUT2D eigenvalue weighted by atomic mass is 9.94. The van der Waals surface area contributed by atoms with Crippen LogP contribution in [0.2, 0.25) is 5.02 Å². The fourth-order valence-electron chi connectivity index (χ4n) is 2.76. The third kappa shape index (κ3) is 4.09. The van der Waals surface area contributed by atoms with Crippen molar-refractivity contribution < 1.29 is 19.1 Å². The molecule has 6 heteroatoms. The fraction of sp³-hybridized carbons (Fsp3) is 0.190. The molecule has 0 spiro atoms. The summed E-state index contributed by atoms with van der Waals surface area (Å²) in [6, 6.07) is 16.2. The van der Waals surface area contributed by atoms with Crippen LogP contribution in [0.3, 0.4) is 0 Å². The molecule has 2 aromatic rings. The smallest absolute Gasteiger partial charge is 0.333 e. The van der Waals surface area contributed by atoms with Gasteiger partial charge < -0.3 is 9.47 Å². The first kappa shape index (κ1) is 18.9. The topological polar surface area (TPSA) is 65.0 Å². The van der Waals surface area contributed by atoms with E-state index in [0.29, 0.717) is 16.1 Å². The molecule has 0 aliphatic carbocycles. The van der Waals surface area contributed by atoms with Gasteiger partial charge in [-0.3, -0.25) is 4.79 Å². The Hall–Kier alpha value is -2.92. The quantitative estimate of drug-likeness (QED) is 0.577. The molecule has 0 bridgehead atoms. The fourth-order valence-corrected chi connectivity index (χ4v) is 2.95. The minimum absolute atomic E-state index is 0.00354. The minimum Gasteiger partial charge on any atom is -0.466 e. The molecule has 0 radical (unpaired) electrons. The van der Waals surface area contributed by atoms with E-state index in [0.717, 1.165) is 0 Å². The van der Waals surface area contributed by atoms with Crippen molar-refractivity contribution in [2.75, 3.05) is 7.11 Å². The first-order valence-electron chi connectivity index (χ1n) is 8.34. The highest BCUT2D eigenvalue weighted by molar-refractivity contribution is 6.32. The van der Waals surface area contributed by atoms with Crippen molar-refractivity contribution >= 4 is 35.5 Å². The van der Waals surface area contributed by atoms with E-state index >= 15 is 0 Å². The SMILES string of the molecule is COC(=O)/C(=C/c1ccccc1Cl)C[C@]1(C)OC(c2ccccc2)=NC1=O. The third-order valence-corrected chi connectivity index (χ3v) is 4.55. The number of hydrogen-bond acceptors (Lipinski definition) is 4. The maximum atomic E-state index is 12.5. The van der Waals surface area contributed by atoms with E-state index in [1.165, 1.54) is 7.11 Å². The normalized spacial score (nSPS) is 19.4. The van der Waals surface area contributed by atoms with Gasteiger partial charge in [-0.15, -0.1) is 0 Å². The number of aliphatic imine (C=N–C) groups is 1. The van der Waals surface area contributed by atoms with Crippen LogP contribution in [-0.2, 0) is 19.1 Å². The number of carbonyl (C=O) groups excluding carboxylic acids is 2. The second-order valence-electron chi connectivity index (χ2n) is 6.28. The number of methoxy groups -OCH3 is 1. The van der Waals surface area contributed by atoms with E-state index in [1.807, 2.05) is 24.3 Å². The van der Waals surface area contributed by atoms with Gasteiger partial charge in [-0.05, 0) is 36.8 Å². The van der Waals surface area contributed by atoms with Gasteiger partial charge >= 0.3 is 5.97 Å². The van der Waals surface area contributed by atoms with E-state index in [1.54, 1.807) is 43.3 Å². The molecule has 1 atom stereocenters. The molecule has 0 saturated heterocycles. The summed E-state index contributed by atoms with van der Waals surface area (Å²) in [4.78, 5) is 28.8. The monoisotopic (exact) mass is 383 g/mol. The molecule has 1 heterocycles. The molecule has 27 heavy (non-hydrogen) atoms. The zero-order valence-electron chi connectivity index (χ0n) is 14.9. The number of esters is 1. The second kappa shape index (κ2) is 7.76. The molecule has 1 aliphatic heterocycles. The summed E-state index contributed by atoms with van der Waals surface area (Å²) in [6.45, 7) is 1.61. The van der Waals surface area contributed by atoms with Crippen LogP contribution in [0.1, 0.15) is 24.5 Å². The Morgan fingerprint density at radius 2 is 1.85 bits per heavy atom. The highest BCUT2D eigenvalue weighted by Crippen LogP contribution is 2.31. The summed E-state index contributed by atoms with van der Waals surface area (Å²) in [5.74, 6) is -0.763. The van der Waals surface area contributed by atoms with Crippen LogP contribution in [-0.4, -0.2) is 30.5 Å². The van der Waals surface area contributed by atoms with Gasteiger partial charge in [-0.25, -0.2) is 4.79 Å². The van der Waals surface area contributed by atoms with Gasteiger partial charge in [0.2, 0.25) is 5.90 Å². The van der Waals surface area contributed by atoms with Crippen LogP contribution in [0.4, 0.5) is 0 Å². The molecule has 138 valence electrons. The number of benzene rings is 2. The number of hydrogen-bond donors (Lipinski definition) is 0. The molecule has 5 nitrogen and oxygen atoms in total. The first-order valence-corrected chi connectivity index (χ1v) is 8.72. The minimum atomic E-state index is -1.30. The predicted octanol–water partition coefficient (Wildman–Crippen LogP) is 4.05. The van der Waals surface area contributed by atoms with Crippen molar-refractivity contribution in [1.29, 1.82) is 0 Å². The number of halogens is 1. The van der Waals surface area contributed by atoms with Crippen LogP contribution in [0.5, 0.6) is 0 Å². The van der Waals surface area contributed by atoms with Gasteiger partial charge in [0.05, 0.1) is 7.11 Å². The summed E-state index contributed by atoms with van der Waals surface area (Å²) in [5, 5.41) is 0.490. The van der Waals surface area contributed by atoms with Gasteiger partial charge in [0, 0.05) is 22.6 Å².